The summed E-state index contributed by atoms with van der Waals surface area (Å²) in [5, 5.41) is 2.23. The van der Waals surface area contributed by atoms with E-state index in [0.29, 0.717) is 17.9 Å². The molecule has 1 rings (SSSR count). The highest BCUT2D eigenvalue weighted by molar-refractivity contribution is 7.78. The summed E-state index contributed by atoms with van der Waals surface area (Å²) in [6.07, 6.45) is 0.582. The Kier molecular flexibility index (Phi) is 5.13. The maximum atomic E-state index is 13.0. The maximum Gasteiger partial charge on any atom is 0.188 e. The van der Waals surface area contributed by atoms with Crippen LogP contribution in [0.2, 0.25) is 0 Å². The lowest BCUT2D eigenvalue weighted by Gasteiger charge is -2.12. The van der Waals surface area contributed by atoms with Gasteiger partial charge in [0, 0.05) is 5.56 Å². The Morgan fingerprint density at radius 2 is 2.24 bits per heavy atom. The van der Waals surface area contributed by atoms with Gasteiger partial charge in [-0.15, -0.1) is 0 Å². The lowest BCUT2D eigenvalue weighted by molar-refractivity contribution is 0.0952. The molecular weight excluding hydrogens is 237 g/mol. The van der Waals surface area contributed by atoms with Gasteiger partial charge in [-0.1, -0.05) is 26.0 Å². The molecule has 0 aromatic heterocycles. The second-order valence-corrected chi connectivity index (χ2v) is 4.42. The fourth-order valence-corrected chi connectivity index (χ4v) is 1.69. The predicted molar refractivity (Wildman–Crippen MR) is 69.0 cm³/mol. The van der Waals surface area contributed by atoms with E-state index in [2.05, 4.69) is 22.4 Å². The Bertz CT molecular complexity index is 452. The molecule has 1 atom stereocenters. The van der Waals surface area contributed by atoms with Gasteiger partial charge in [0.1, 0.15) is 11.9 Å². The fraction of sp³-hybridized carbons (Fsp3) is 0.385. The van der Waals surface area contributed by atoms with Crippen LogP contribution >= 0.6 is 12.2 Å². The number of isothiocyanates is 1. The first-order valence-electron chi connectivity index (χ1n) is 5.41. The molecule has 1 unspecified atom stereocenters. The van der Waals surface area contributed by atoms with Gasteiger partial charge >= 0.3 is 0 Å². The molecule has 0 radical (unpaired) electrons. The molecule has 0 bridgehead atoms. The van der Waals surface area contributed by atoms with Crippen molar-refractivity contribution in [2.75, 3.05) is 0 Å². The van der Waals surface area contributed by atoms with Crippen molar-refractivity contribution < 1.29 is 9.18 Å². The first kappa shape index (κ1) is 13.7. The summed E-state index contributed by atoms with van der Waals surface area (Å²) >= 11 is 4.53. The fourth-order valence-electron chi connectivity index (χ4n) is 1.56. The molecule has 90 valence electrons. The minimum absolute atomic E-state index is 0.212. The first-order valence-corrected chi connectivity index (χ1v) is 5.82. The number of nitrogens with zero attached hydrogens (tertiary/aromatic N) is 1. The molecule has 0 saturated carbocycles. The van der Waals surface area contributed by atoms with Crippen LogP contribution in [0.3, 0.4) is 0 Å². The van der Waals surface area contributed by atoms with Crippen molar-refractivity contribution in [1.82, 2.24) is 0 Å². The van der Waals surface area contributed by atoms with Crippen LogP contribution in [0.15, 0.2) is 29.3 Å². The van der Waals surface area contributed by atoms with Crippen LogP contribution in [0.4, 0.5) is 4.39 Å². The SMILES string of the molecule is CC(C)CC(N=C=S)C(=O)c1cccc(F)c1. The molecule has 0 heterocycles. The molecule has 0 spiro atoms. The molecule has 2 nitrogen and oxygen atoms in total. The number of carbonyl (C=O) groups excluding carboxylic acids is 1. The minimum atomic E-state index is -0.561. The number of thiocarbonyl (C=S) groups is 1. The average molecular weight is 251 g/mol. The molecule has 0 saturated heterocycles. The van der Waals surface area contributed by atoms with Crippen molar-refractivity contribution in [3.05, 3.63) is 35.6 Å². The second-order valence-electron chi connectivity index (χ2n) is 4.24. The van der Waals surface area contributed by atoms with Crippen LogP contribution < -0.4 is 0 Å². The van der Waals surface area contributed by atoms with E-state index in [4.69, 9.17) is 0 Å². The molecule has 0 aliphatic heterocycles. The van der Waals surface area contributed by atoms with Gasteiger partial charge in [-0.25, -0.2) is 9.38 Å². The van der Waals surface area contributed by atoms with Gasteiger partial charge in [0.15, 0.2) is 5.78 Å². The van der Waals surface area contributed by atoms with E-state index < -0.39 is 11.9 Å². The van der Waals surface area contributed by atoms with E-state index >= 15 is 0 Å². The predicted octanol–water partition coefficient (Wildman–Crippen LogP) is 3.53. The Morgan fingerprint density at radius 3 is 2.76 bits per heavy atom. The minimum Gasteiger partial charge on any atom is -0.292 e. The molecule has 0 aliphatic carbocycles. The number of aliphatic imine (C=N–C) groups is 1. The van der Waals surface area contributed by atoms with E-state index in [1.54, 1.807) is 6.07 Å². The summed E-state index contributed by atoms with van der Waals surface area (Å²) in [6, 6.07) is 5.05. The Balaban J connectivity index is 2.95. The summed E-state index contributed by atoms with van der Waals surface area (Å²) in [5.41, 5.74) is 0.324. The van der Waals surface area contributed by atoms with Gasteiger partial charge in [0.2, 0.25) is 0 Å². The zero-order valence-electron chi connectivity index (χ0n) is 9.81. The highest BCUT2D eigenvalue weighted by Crippen LogP contribution is 2.15. The molecule has 0 N–H and O–H groups in total. The molecule has 0 aliphatic rings. The standard InChI is InChI=1S/C13H14FNOS/c1-9(2)6-12(15-8-17)13(16)10-4-3-5-11(14)7-10/h3-5,7,9,12H,6H2,1-2H3. The van der Waals surface area contributed by atoms with Crippen molar-refractivity contribution >= 4 is 23.2 Å². The summed E-state index contributed by atoms with van der Waals surface area (Å²) in [6.45, 7) is 3.98. The van der Waals surface area contributed by atoms with Crippen LogP contribution in [0.25, 0.3) is 0 Å². The van der Waals surface area contributed by atoms with Crippen LogP contribution in [-0.2, 0) is 0 Å². The average Bonchev–Trinajstić information content (AvgIpc) is 2.27. The van der Waals surface area contributed by atoms with E-state index in [1.165, 1.54) is 18.2 Å². The highest BCUT2D eigenvalue weighted by Gasteiger charge is 2.20. The van der Waals surface area contributed by atoms with Gasteiger partial charge in [-0.3, -0.25) is 4.79 Å². The molecule has 1 aromatic rings. The lowest BCUT2D eigenvalue weighted by atomic mass is 9.96. The topological polar surface area (TPSA) is 29.4 Å². The van der Waals surface area contributed by atoms with E-state index in [9.17, 15) is 9.18 Å². The number of carbonyl (C=O) groups is 1. The maximum absolute atomic E-state index is 13.0. The van der Waals surface area contributed by atoms with Gasteiger partial charge in [0.25, 0.3) is 0 Å². The molecule has 4 heteroatoms. The first-order chi connectivity index (χ1) is 8.04. The van der Waals surface area contributed by atoms with Crippen molar-refractivity contribution in [3.8, 4) is 0 Å². The highest BCUT2D eigenvalue weighted by atomic mass is 32.1. The number of hydrogen-bond acceptors (Lipinski definition) is 3. The molecule has 0 amide bonds. The monoisotopic (exact) mass is 251 g/mol. The summed E-state index contributed by atoms with van der Waals surface area (Å²) in [5.74, 6) is -0.328. The second kappa shape index (κ2) is 6.38. The summed E-state index contributed by atoms with van der Waals surface area (Å²) < 4.78 is 13.0. The number of Topliss-reactive ketones (excluding diaryl/α,β-unsaturated/α-hetero) is 1. The van der Waals surface area contributed by atoms with Crippen molar-refractivity contribution in [2.45, 2.75) is 26.3 Å². The number of benzene rings is 1. The van der Waals surface area contributed by atoms with E-state index in [1.807, 2.05) is 13.8 Å². The number of rotatable bonds is 5. The Labute approximate surface area is 106 Å². The van der Waals surface area contributed by atoms with Crippen LogP contribution in [0.1, 0.15) is 30.6 Å². The van der Waals surface area contributed by atoms with E-state index in [-0.39, 0.29) is 5.78 Å². The molecule has 1 aromatic carbocycles. The molecule has 17 heavy (non-hydrogen) atoms. The lowest BCUT2D eigenvalue weighted by Crippen LogP contribution is -2.20. The van der Waals surface area contributed by atoms with Crippen LogP contribution in [0.5, 0.6) is 0 Å². The number of ketones is 1. The zero-order valence-corrected chi connectivity index (χ0v) is 10.6. The Morgan fingerprint density at radius 1 is 1.53 bits per heavy atom. The third-order valence-corrected chi connectivity index (χ3v) is 2.42. The summed E-state index contributed by atoms with van der Waals surface area (Å²) in [4.78, 5) is 15.9. The molecule has 0 fully saturated rings. The molecular formula is C13H14FNOS. The quantitative estimate of drug-likeness (QED) is 0.455. The van der Waals surface area contributed by atoms with Gasteiger partial charge in [-0.05, 0) is 36.7 Å². The smallest absolute Gasteiger partial charge is 0.188 e. The van der Waals surface area contributed by atoms with Gasteiger partial charge < -0.3 is 0 Å². The third kappa shape index (κ3) is 4.17. The summed E-state index contributed by atoms with van der Waals surface area (Å²) in [7, 11) is 0. The number of hydrogen-bond donors (Lipinski definition) is 0. The normalized spacial score (nSPS) is 12.0. The van der Waals surface area contributed by atoms with Crippen molar-refractivity contribution in [3.63, 3.8) is 0 Å². The Hall–Kier alpha value is -1.38. The van der Waals surface area contributed by atoms with E-state index in [0.717, 1.165) is 0 Å². The third-order valence-electron chi connectivity index (χ3n) is 2.31. The number of halogens is 1. The largest absolute Gasteiger partial charge is 0.292 e. The van der Waals surface area contributed by atoms with Gasteiger partial charge in [0.05, 0.1) is 5.16 Å². The van der Waals surface area contributed by atoms with Crippen molar-refractivity contribution in [1.29, 1.82) is 0 Å². The van der Waals surface area contributed by atoms with Gasteiger partial charge in [-0.2, -0.15) is 0 Å². The zero-order chi connectivity index (χ0) is 12.8. The van der Waals surface area contributed by atoms with Crippen LogP contribution in [0, 0.1) is 11.7 Å². The van der Waals surface area contributed by atoms with Crippen molar-refractivity contribution in [2.24, 2.45) is 10.9 Å². The van der Waals surface area contributed by atoms with Crippen LogP contribution in [-0.4, -0.2) is 17.0 Å².